The summed E-state index contributed by atoms with van der Waals surface area (Å²) in [5.74, 6) is 0. The lowest BCUT2D eigenvalue weighted by Gasteiger charge is -2.07. The number of hydrogen-bond donors (Lipinski definition) is 3. The Bertz CT molecular complexity index is 434. The number of aryl methyl sites for hydroxylation is 1. The van der Waals surface area contributed by atoms with Gasteiger partial charge in [0.1, 0.15) is 0 Å². The van der Waals surface area contributed by atoms with Crippen LogP contribution in [0.1, 0.15) is 5.56 Å². The lowest BCUT2D eigenvalue weighted by atomic mass is 10.2. The van der Waals surface area contributed by atoms with E-state index in [2.05, 4.69) is 10.6 Å². The topological polar surface area (TPSA) is 110 Å². The maximum atomic E-state index is 10.7. The standard InChI is InChI=1S/C10H14N4O3/c1-7-2-3-8(6-9(7)14(16)17)12-4-5-13-10(11)15/h2-3,6,12H,4-5H2,1H3,(H3,11,13,15). The van der Waals surface area contributed by atoms with E-state index in [0.717, 1.165) is 0 Å². The van der Waals surface area contributed by atoms with Crippen LogP contribution in [0.4, 0.5) is 16.2 Å². The molecular formula is C10H14N4O3. The molecular weight excluding hydrogens is 224 g/mol. The summed E-state index contributed by atoms with van der Waals surface area (Å²) in [7, 11) is 0. The first kappa shape index (κ1) is 12.8. The normalized spacial score (nSPS) is 9.71. The van der Waals surface area contributed by atoms with Crippen molar-refractivity contribution >= 4 is 17.4 Å². The summed E-state index contributed by atoms with van der Waals surface area (Å²) in [6.45, 7) is 2.48. The van der Waals surface area contributed by atoms with Crippen molar-refractivity contribution in [3.05, 3.63) is 33.9 Å². The Hall–Kier alpha value is -2.31. The number of anilines is 1. The number of nitro benzene ring substituents is 1. The van der Waals surface area contributed by atoms with Crippen molar-refractivity contribution in [1.82, 2.24) is 5.32 Å². The van der Waals surface area contributed by atoms with Crippen LogP contribution in [-0.4, -0.2) is 24.0 Å². The fourth-order valence-corrected chi connectivity index (χ4v) is 1.31. The average Bonchev–Trinajstić information content (AvgIpc) is 2.25. The lowest BCUT2D eigenvalue weighted by Crippen LogP contribution is -2.33. The molecule has 0 spiro atoms. The first-order valence-corrected chi connectivity index (χ1v) is 5.03. The molecule has 0 heterocycles. The predicted octanol–water partition coefficient (Wildman–Crippen LogP) is 0.983. The summed E-state index contributed by atoms with van der Waals surface area (Å²) < 4.78 is 0. The summed E-state index contributed by atoms with van der Waals surface area (Å²) >= 11 is 0. The van der Waals surface area contributed by atoms with Crippen LogP contribution < -0.4 is 16.4 Å². The maximum absolute atomic E-state index is 10.7. The fourth-order valence-electron chi connectivity index (χ4n) is 1.31. The molecule has 0 aliphatic heterocycles. The van der Waals surface area contributed by atoms with Crippen molar-refractivity contribution in [3.63, 3.8) is 0 Å². The molecule has 0 radical (unpaired) electrons. The lowest BCUT2D eigenvalue weighted by molar-refractivity contribution is -0.385. The Kier molecular flexibility index (Phi) is 4.27. The van der Waals surface area contributed by atoms with Crippen LogP contribution in [0.5, 0.6) is 0 Å². The van der Waals surface area contributed by atoms with E-state index >= 15 is 0 Å². The van der Waals surface area contributed by atoms with Gasteiger partial charge in [-0.2, -0.15) is 0 Å². The number of carbonyl (C=O) groups excluding carboxylic acids is 1. The van der Waals surface area contributed by atoms with Crippen LogP contribution >= 0.6 is 0 Å². The number of amides is 2. The highest BCUT2D eigenvalue weighted by Crippen LogP contribution is 2.21. The monoisotopic (exact) mass is 238 g/mol. The molecule has 0 unspecified atom stereocenters. The molecule has 0 saturated carbocycles. The number of nitrogens with one attached hydrogen (secondary N) is 2. The van der Waals surface area contributed by atoms with Crippen LogP contribution in [0.3, 0.4) is 0 Å². The first-order chi connectivity index (χ1) is 8.00. The van der Waals surface area contributed by atoms with Gasteiger partial charge >= 0.3 is 6.03 Å². The number of nitro groups is 1. The first-order valence-electron chi connectivity index (χ1n) is 5.03. The van der Waals surface area contributed by atoms with Gasteiger partial charge < -0.3 is 16.4 Å². The summed E-state index contributed by atoms with van der Waals surface area (Å²) in [4.78, 5) is 20.7. The molecule has 2 amide bonds. The van der Waals surface area contributed by atoms with Gasteiger partial charge in [0.15, 0.2) is 0 Å². The highest BCUT2D eigenvalue weighted by atomic mass is 16.6. The minimum atomic E-state index is -0.596. The zero-order chi connectivity index (χ0) is 12.8. The van der Waals surface area contributed by atoms with E-state index in [4.69, 9.17) is 5.73 Å². The third-order valence-corrected chi connectivity index (χ3v) is 2.16. The Morgan fingerprint density at radius 2 is 2.18 bits per heavy atom. The van der Waals surface area contributed by atoms with E-state index in [-0.39, 0.29) is 5.69 Å². The fraction of sp³-hybridized carbons (Fsp3) is 0.300. The molecule has 0 aliphatic rings. The van der Waals surface area contributed by atoms with E-state index in [9.17, 15) is 14.9 Å². The van der Waals surface area contributed by atoms with Crippen LogP contribution in [-0.2, 0) is 0 Å². The molecule has 7 heteroatoms. The molecule has 0 aliphatic carbocycles. The quantitative estimate of drug-likeness (QED) is 0.403. The Labute approximate surface area is 98.1 Å². The molecule has 0 aromatic heterocycles. The van der Waals surface area contributed by atoms with Crippen molar-refractivity contribution < 1.29 is 9.72 Å². The number of hydrogen-bond acceptors (Lipinski definition) is 4. The third-order valence-electron chi connectivity index (χ3n) is 2.16. The highest BCUT2D eigenvalue weighted by Gasteiger charge is 2.10. The second-order valence-corrected chi connectivity index (χ2v) is 3.48. The number of nitrogens with zero attached hydrogens (tertiary/aromatic N) is 1. The van der Waals surface area contributed by atoms with Crippen molar-refractivity contribution in [1.29, 1.82) is 0 Å². The Morgan fingerprint density at radius 3 is 2.76 bits per heavy atom. The summed E-state index contributed by atoms with van der Waals surface area (Å²) in [6.07, 6.45) is 0. The minimum Gasteiger partial charge on any atom is -0.383 e. The minimum absolute atomic E-state index is 0.0675. The molecule has 4 N–H and O–H groups in total. The number of urea groups is 1. The van der Waals surface area contributed by atoms with E-state index < -0.39 is 11.0 Å². The molecule has 1 rings (SSSR count). The van der Waals surface area contributed by atoms with Gasteiger partial charge in [-0.15, -0.1) is 0 Å². The third kappa shape index (κ3) is 3.98. The van der Waals surface area contributed by atoms with Crippen LogP contribution in [0.2, 0.25) is 0 Å². The molecule has 1 aromatic rings. The van der Waals surface area contributed by atoms with Crippen LogP contribution in [0.15, 0.2) is 18.2 Å². The van der Waals surface area contributed by atoms with E-state index in [1.807, 2.05) is 0 Å². The summed E-state index contributed by atoms with van der Waals surface area (Å²) in [5, 5.41) is 16.1. The van der Waals surface area contributed by atoms with E-state index in [1.165, 1.54) is 6.07 Å². The van der Waals surface area contributed by atoms with Crippen LogP contribution in [0, 0.1) is 17.0 Å². The van der Waals surface area contributed by atoms with Gasteiger partial charge in [-0.3, -0.25) is 10.1 Å². The second-order valence-electron chi connectivity index (χ2n) is 3.48. The highest BCUT2D eigenvalue weighted by molar-refractivity contribution is 5.71. The number of carbonyl (C=O) groups is 1. The number of primary amides is 1. The van der Waals surface area contributed by atoms with Gasteiger partial charge in [0.25, 0.3) is 5.69 Å². The van der Waals surface area contributed by atoms with Crippen LogP contribution in [0.25, 0.3) is 0 Å². The molecule has 0 saturated heterocycles. The summed E-state index contributed by atoms with van der Waals surface area (Å²) in [5.41, 5.74) is 6.20. The second kappa shape index (κ2) is 5.69. The molecule has 7 nitrogen and oxygen atoms in total. The average molecular weight is 238 g/mol. The smallest absolute Gasteiger partial charge is 0.312 e. The largest absolute Gasteiger partial charge is 0.383 e. The van der Waals surface area contributed by atoms with E-state index in [0.29, 0.717) is 24.3 Å². The van der Waals surface area contributed by atoms with E-state index in [1.54, 1.807) is 19.1 Å². The molecule has 0 atom stereocenters. The van der Waals surface area contributed by atoms with Crippen molar-refractivity contribution in [2.24, 2.45) is 5.73 Å². The van der Waals surface area contributed by atoms with Gasteiger partial charge in [0, 0.05) is 30.4 Å². The number of rotatable bonds is 5. The van der Waals surface area contributed by atoms with Gasteiger partial charge in [-0.25, -0.2) is 4.79 Å². The van der Waals surface area contributed by atoms with Gasteiger partial charge in [-0.1, -0.05) is 6.07 Å². The van der Waals surface area contributed by atoms with Crippen molar-refractivity contribution in [2.75, 3.05) is 18.4 Å². The van der Waals surface area contributed by atoms with Crippen molar-refractivity contribution in [2.45, 2.75) is 6.92 Å². The SMILES string of the molecule is Cc1ccc(NCCNC(N)=O)cc1[N+](=O)[O-]. The Balaban J connectivity index is 2.57. The molecule has 0 bridgehead atoms. The maximum Gasteiger partial charge on any atom is 0.312 e. The zero-order valence-electron chi connectivity index (χ0n) is 9.40. The summed E-state index contributed by atoms with van der Waals surface area (Å²) in [6, 6.07) is 4.27. The Morgan fingerprint density at radius 1 is 1.47 bits per heavy atom. The predicted molar refractivity (Wildman–Crippen MR) is 63.9 cm³/mol. The molecule has 0 fully saturated rings. The molecule has 17 heavy (non-hydrogen) atoms. The number of nitrogens with two attached hydrogens (primary N) is 1. The molecule has 92 valence electrons. The molecule has 1 aromatic carbocycles. The van der Waals surface area contributed by atoms with Gasteiger partial charge in [0.2, 0.25) is 0 Å². The van der Waals surface area contributed by atoms with Gasteiger partial charge in [0.05, 0.1) is 4.92 Å². The van der Waals surface area contributed by atoms with Gasteiger partial charge in [-0.05, 0) is 13.0 Å². The number of benzene rings is 1. The zero-order valence-corrected chi connectivity index (χ0v) is 9.40. The van der Waals surface area contributed by atoms with Crippen molar-refractivity contribution in [3.8, 4) is 0 Å².